The number of carbonyl (C=O) groups is 1. The minimum Gasteiger partial charge on any atom is -0.399 e. The summed E-state index contributed by atoms with van der Waals surface area (Å²) in [5, 5.41) is 3.18. The Hall–Kier alpha value is -2.57. The van der Waals surface area contributed by atoms with Crippen molar-refractivity contribution in [2.24, 2.45) is 5.73 Å². The molecule has 7 nitrogen and oxygen atoms in total. The Morgan fingerprint density at radius 1 is 1.42 bits per heavy atom. The van der Waals surface area contributed by atoms with Crippen molar-refractivity contribution in [2.45, 2.75) is 19.4 Å². The highest BCUT2D eigenvalue weighted by atomic mass is 16.1. The zero-order chi connectivity index (χ0) is 14.2. The van der Waals surface area contributed by atoms with E-state index >= 15 is 0 Å². The van der Waals surface area contributed by atoms with Crippen molar-refractivity contribution in [2.75, 3.05) is 11.1 Å². The summed E-state index contributed by atoms with van der Waals surface area (Å²) >= 11 is 0. The molecule has 0 aliphatic heterocycles. The van der Waals surface area contributed by atoms with Crippen LogP contribution in [0.4, 0.5) is 11.6 Å². The van der Waals surface area contributed by atoms with Crippen LogP contribution >= 0.6 is 0 Å². The molecule has 0 saturated heterocycles. The number of fused-ring (bicyclic) bond motifs is 1. The summed E-state index contributed by atoms with van der Waals surface area (Å²) < 4.78 is 0. The van der Waals surface area contributed by atoms with Crippen molar-refractivity contribution in [3.63, 3.8) is 0 Å². The van der Waals surface area contributed by atoms with Gasteiger partial charge in [-0.1, -0.05) is 0 Å². The third-order valence-corrected chi connectivity index (χ3v) is 2.78. The molecule has 0 aliphatic rings. The number of hydrogen-bond acceptors (Lipinski definition) is 5. The number of anilines is 2. The molecule has 1 heterocycles. The van der Waals surface area contributed by atoms with Gasteiger partial charge in [-0.05, 0) is 32.0 Å². The molecule has 1 aromatic carbocycles. The molecule has 7 heteroatoms. The Bertz CT molecular complexity index is 705. The third kappa shape index (κ3) is 2.49. The highest BCUT2D eigenvalue weighted by molar-refractivity contribution is 5.87. The van der Waals surface area contributed by atoms with E-state index in [-0.39, 0.29) is 11.5 Å². The fourth-order valence-corrected chi connectivity index (χ4v) is 1.57. The lowest BCUT2D eigenvalue weighted by Gasteiger charge is -2.22. The second-order valence-corrected chi connectivity index (χ2v) is 4.81. The van der Waals surface area contributed by atoms with Crippen molar-refractivity contribution < 1.29 is 4.79 Å². The van der Waals surface area contributed by atoms with Gasteiger partial charge in [0.2, 0.25) is 11.9 Å². The van der Waals surface area contributed by atoms with Crippen LogP contribution in [0.3, 0.4) is 0 Å². The molecule has 0 radical (unpaired) electrons. The van der Waals surface area contributed by atoms with E-state index in [1.165, 1.54) is 0 Å². The van der Waals surface area contributed by atoms with Crippen LogP contribution in [0.2, 0.25) is 0 Å². The Kier molecular flexibility index (Phi) is 2.89. The van der Waals surface area contributed by atoms with Gasteiger partial charge in [-0.3, -0.25) is 14.6 Å². The largest absolute Gasteiger partial charge is 0.399 e. The summed E-state index contributed by atoms with van der Waals surface area (Å²) in [6.45, 7) is 3.20. The Morgan fingerprint density at radius 2 is 2.11 bits per heavy atom. The van der Waals surface area contributed by atoms with E-state index in [1.54, 1.807) is 32.0 Å². The maximum Gasteiger partial charge on any atom is 0.260 e. The van der Waals surface area contributed by atoms with Gasteiger partial charge in [0, 0.05) is 5.69 Å². The molecule has 2 aromatic rings. The number of primary amides is 1. The summed E-state index contributed by atoms with van der Waals surface area (Å²) in [5.41, 5.74) is 10.5. The molecular formula is C12H15N5O2. The number of H-pyrrole nitrogens is 1. The van der Waals surface area contributed by atoms with Crippen molar-refractivity contribution in [3.8, 4) is 0 Å². The number of aromatic amines is 1. The summed E-state index contributed by atoms with van der Waals surface area (Å²) in [5.74, 6) is -0.362. The zero-order valence-corrected chi connectivity index (χ0v) is 10.7. The molecule has 0 bridgehead atoms. The predicted molar refractivity (Wildman–Crippen MR) is 73.7 cm³/mol. The molecule has 0 unspecified atom stereocenters. The number of hydrogen-bond donors (Lipinski definition) is 4. The first-order chi connectivity index (χ1) is 8.79. The second kappa shape index (κ2) is 4.27. The summed E-state index contributed by atoms with van der Waals surface area (Å²) in [6, 6.07) is 4.84. The monoisotopic (exact) mass is 261 g/mol. The van der Waals surface area contributed by atoms with E-state index < -0.39 is 11.4 Å². The van der Waals surface area contributed by atoms with E-state index in [0.29, 0.717) is 16.6 Å². The SMILES string of the molecule is CC(C)(Nc1nc2ccc(N)cc2c(=O)[nH]1)C(N)=O. The number of aromatic nitrogens is 2. The van der Waals surface area contributed by atoms with Gasteiger partial charge in [-0.25, -0.2) is 4.98 Å². The number of nitrogen functional groups attached to an aromatic ring is 1. The van der Waals surface area contributed by atoms with E-state index in [9.17, 15) is 9.59 Å². The highest BCUT2D eigenvalue weighted by Crippen LogP contribution is 2.15. The van der Waals surface area contributed by atoms with Gasteiger partial charge < -0.3 is 16.8 Å². The predicted octanol–water partition coefficient (Wildman–Crippen LogP) is 0.181. The first kappa shape index (κ1) is 12.9. The van der Waals surface area contributed by atoms with Gasteiger partial charge in [0.05, 0.1) is 10.9 Å². The van der Waals surface area contributed by atoms with Crippen LogP contribution in [0, 0.1) is 0 Å². The van der Waals surface area contributed by atoms with E-state index in [2.05, 4.69) is 15.3 Å². The molecule has 0 aliphatic carbocycles. The molecule has 0 atom stereocenters. The normalized spacial score (nSPS) is 11.5. The van der Waals surface area contributed by atoms with Crippen LogP contribution in [-0.4, -0.2) is 21.4 Å². The number of rotatable bonds is 3. The number of nitrogens with zero attached hydrogens (tertiary/aromatic N) is 1. The van der Waals surface area contributed by atoms with Gasteiger partial charge >= 0.3 is 0 Å². The van der Waals surface area contributed by atoms with Crippen LogP contribution in [-0.2, 0) is 4.79 Å². The van der Waals surface area contributed by atoms with Crippen molar-refractivity contribution in [1.29, 1.82) is 0 Å². The lowest BCUT2D eigenvalue weighted by atomic mass is 10.1. The van der Waals surface area contributed by atoms with Gasteiger partial charge in [-0.15, -0.1) is 0 Å². The number of nitrogens with one attached hydrogen (secondary N) is 2. The lowest BCUT2D eigenvalue weighted by Crippen LogP contribution is -2.45. The topological polar surface area (TPSA) is 127 Å². The Labute approximate surface area is 109 Å². The molecule has 6 N–H and O–H groups in total. The molecule has 1 aromatic heterocycles. The number of benzene rings is 1. The Morgan fingerprint density at radius 3 is 2.74 bits per heavy atom. The van der Waals surface area contributed by atoms with Crippen LogP contribution in [0.25, 0.3) is 10.9 Å². The molecule has 100 valence electrons. The quantitative estimate of drug-likeness (QED) is 0.586. The smallest absolute Gasteiger partial charge is 0.260 e. The van der Waals surface area contributed by atoms with Crippen LogP contribution in [0.5, 0.6) is 0 Å². The molecule has 19 heavy (non-hydrogen) atoms. The molecule has 0 spiro atoms. The minimum atomic E-state index is -1.02. The van der Waals surface area contributed by atoms with E-state index in [0.717, 1.165) is 0 Å². The maximum absolute atomic E-state index is 11.9. The minimum absolute atomic E-state index is 0.186. The molecule has 2 rings (SSSR count). The summed E-state index contributed by atoms with van der Waals surface area (Å²) in [4.78, 5) is 29.9. The number of carbonyl (C=O) groups excluding carboxylic acids is 1. The zero-order valence-electron chi connectivity index (χ0n) is 10.7. The number of amides is 1. The van der Waals surface area contributed by atoms with E-state index in [1.807, 2.05) is 0 Å². The van der Waals surface area contributed by atoms with E-state index in [4.69, 9.17) is 11.5 Å². The van der Waals surface area contributed by atoms with Crippen LogP contribution in [0.15, 0.2) is 23.0 Å². The molecule has 1 amide bonds. The van der Waals surface area contributed by atoms with Crippen LogP contribution in [0.1, 0.15) is 13.8 Å². The molecule has 0 saturated carbocycles. The van der Waals surface area contributed by atoms with Crippen molar-refractivity contribution in [1.82, 2.24) is 9.97 Å². The third-order valence-electron chi connectivity index (χ3n) is 2.78. The van der Waals surface area contributed by atoms with Gasteiger partial charge in [0.25, 0.3) is 5.56 Å². The fourth-order valence-electron chi connectivity index (χ4n) is 1.57. The first-order valence-electron chi connectivity index (χ1n) is 5.67. The summed E-state index contributed by atoms with van der Waals surface area (Å²) in [7, 11) is 0. The van der Waals surface area contributed by atoms with Gasteiger partial charge in [-0.2, -0.15) is 0 Å². The molecular weight excluding hydrogens is 246 g/mol. The fraction of sp³-hybridized carbons (Fsp3) is 0.250. The first-order valence-corrected chi connectivity index (χ1v) is 5.67. The average molecular weight is 261 g/mol. The highest BCUT2D eigenvalue weighted by Gasteiger charge is 2.25. The molecule has 0 fully saturated rings. The van der Waals surface area contributed by atoms with Crippen molar-refractivity contribution >= 4 is 28.4 Å². The average Bonchev–Trinajstić information content (AvgIpc) is 2.29. The maximum atomic E-state index is 11.9. The van der Waals surface area contributed by atoms with Gasteiger partial charge in [0.1, 0.15) is 5.54 Å². The van der Waals surface area contributed by atoms with Crippen LogP contribution < -0.4 is 22.3 Å². The van der Waals surface area contributed by atoms with Gasteiger partial charge in [0.15, 0.2) is 0 Å². The van der Waals surface area contributed by atoms with Crippen molar-refractivity contribution in [3.05, 3.63) is 28.6 Å². The number of nitrogens with two attached hydrogens (primary N) is 2. The summed E-state index contributed by atoms with van der Waals surface area (Å²) in [6.07, 6.45) is 0. The second-order valence-electron chi connectivity index (χ2n) is 4.81. The Balaban J connectivity index is 2.50. The lowest BCUT2D eigenvalue weighted by molar-refractivity contribution is -0.121. The standard InChI is InChI=1S/C12H15N5O2/c1-12(2,10(14)19)17-11-15-8-4-3-6(13)5-7(8)9(18)16-11/h3-5H,13H2,1-2H3,(H2,14,19)(H2,15,16,17,18).